The highest BCUT2D eigenvalue weighted by Crippen LogP contribution is 2.21. The lowest BCUT2D eigenvalue weighted by molar-refractivity contribution is 0.411. The molecule has 1 nitrogen and oxygen atoms in total. The Balaban J connectivity index is 2.10. The van der Waals surface area contributed by atoms with E-state index in [1.165, 1.54) is 27.8 Å². The van der Waals surface area contributed by atoms with Crippen molar-refractivity contribution < 1.29 is 4.74 Å². The molecule has 2 aromatic rings. The van der Waals surface area contributed by atoms with Gasteiger partial charge in [0.25, 0.3) is 0 Å². The molecule has 0 saturated heterocycles. The molecule has 0 N–H and O–H groups in total. The summed E-state index contributed by atoms with van der Waals surface area (Å²) in [5, 5.41) is 0. The summed E-state index contributed by atoms with van der Waals surface area (Å²) in [4.78, 5) is 0. The highest BCUT2D eigenvalue weighted by molar-refractivity contribution is 5.37. The molecule has 2 rings (SSSR count). The molecule has 0 fully saturated rings. The molecule has 2 aromatic carbocycles. The summed E-state index contributed by atoms with van der Waals surface area (Å²) in [6, 6.07) is 13.2. The first-order valence-electron chi connectivity index (χ1n) is 6.80. The van der Waals surface area contributed by atoms with Crippen molar-refractivity contribution in [2.24, 2.45) is 0 Å². The number of benzene rings is 2. The topological polar surface area (TPSA) is 9.23 Å². The van der Waals surface area contributed by atoms with E-state index in [1.54, 1.807) is 7.11 Å². The Morgan fingerprint density at radius 1 is 0.842 bits per heavy atom. The van der Waals surface area contributed by atoms with E-state index in [-0.39, 0.29) is 0 Å². The van der Waals surface area contributed by atoms with Crippen LogP contribution in [0, 0.1) is 20.8 Å². The van der Waals surface area contributed by atoms with Crippen LogP contribution in [-0.2, 0) is 12.8 Å². The molecule has 0 spiro atoms. The van der Waals surface area contributed by atoms with Crippen molar-refractivity contribution in [1.82, 2.24) is 0 Å². The van der Waals surface area contributed by atoms with Gasteiger partial charge in [-0.3, -0.25) is 0 Å². The third-order valence-corrected chi connectivity index (χ3v) is 3.65. The maximum atomic E-state index is 5.38. The van der Waals surface area contributed by atoms with E-state index in [0.29, 0.717) is 0 Å². The van der Waals surface area contributed by atoms with E-state index in [2.05, 4.69) is 57.2 Å². The zero-order valence-corrected chi connectivity index (χ0v) is 12.3. The first kappa shape index (κ1) is 13.7. The van der Waals surface area contributed by atoms with Crippen molar-refractivity contribution in [3.8, 4) is 5.75 Å². The summed E-state index contributed by atoms with van der Waals surface area (Å²) in [5.74, 6) is 0.984. The van der Waals surface area contributed by atoms with Gasteiger partial charge in [0.1, 0.15) is 5.75 Å². The second-order valence-corrected chi connectivity index (χ2v) is 5.23. The minimum Gasteiger partial charge on any atom is -0.496 e. The molecule has 0 aromatic heterocycles. The van der Waals surface area contributed by atoms with Crippen LogP contribution in [0.2, 0.25) is 0 Å². The van der Waals surface area contributed by atoms with Crippen LogP contribution in [0.25, 0.3) is 0 Å². The molecule has 0 unspecified atom stereocenters. The van der Waals surface area contributed by atoms with Crippen molar-refractivity contribution in [1.29, 1.82) is 0 Å². The zero-order chi connectivity index (χ0) is 13.8. The molecular formula is C18H22O. The average molecular weight is 254 g/mol. The van der Waals surface area contributed by atoms with Crippen molar-refractivity contribution >= 4 is 0 Å². The Bertz CT molecular complexity index is 570. The van der Waals surface area contributed by atoms with Gasteiger partial charge in [-0.1, -0.05) is 35.9 Å². The van der Waals surface area contributed by atoms with Gasteiger partial charge in [0.2, 0.25) is 0 Å². The van der Waals surface area contributed by atoms with Crippen LogP contribution >= 0.6 is 0 Å². The summed E-state index contributed by atoms with van der Waals surface area (Å²) in [5.41, 5.74) is 6.68. The van der Waals surface area contributed by atoms with Gasteiger partial charge in [-0.25, -0.2) is 0 Å². The molecule has 0 amide bonds. The molecular weight excluding hydrogens is 232 g/mol. The SMILES string of the molecule is COc1cc(CCc2ccc(C)cc2C)ccc1C. The van der Waals surface area contributed by atoms with Crippen LogP contribution in [0.15, 0.2) is 36.4 Å². The summed E-state index contributed by atoms with van der Waals surface area (Å²) in [6.45, 7) is 6.41. The Hall–Kier alpha value is -1.76. The Kier molecular flexibility index (Phi) is 4.26. The van der Waals surface area contributed by atoms with Crippen LogP contribution in [0.1, 0.15) is 27.8 Å². The van der Waals surface area contributed by atoms with Crippen LogP contribution in [-0.4, -0.2) is 7.11 Å². The fourth-order valence-corrected chi connectivity index (χ4v) is 2.43. The average Bonchev–Trinajstić information content (AvgIpc) is 2.39. The molecule has 0 saturated carbocycles. The van der Waals surface area contributed by atoms with Gasteiger partial charge < -0.3 is 4.74 Å². The molecule has 1 heteroatoms. The third-order valence-electron chi connectivity index (χ3n) is 3.65. The van der Waals surface area contributed by atoms with E-state index >= 15 is 0 Å². The van der Waals surface area contributed by atoms with Crippen LogP contribution in [0.4, 0.5) is 0 Å². The predicted octanol–water partition coefficient (Wildman–Crippen LogP) is 4.41. The molecule has 100 valence electrons. The minimum atomic E-state index is 0.984. The fraction of sp³-hybridized carbons (Fsp3) is 0.333. The summed E-state index contributed by atoms with van der Waals surface area (Å²) in [6.07, 6.45) is 2.14. The summed E-state index contributed by atoms with van der Waals surface area (Å²) < 4.78 is 5.38. The molecule has 0 radical (unpaired) electrons. The van der Waals surface area contributed by atoms with Crippen molar-refractivity contribution in [2.75, 3.05) is 7.11 Å². The highest BCUT2D eigenvalue weighted by Gasteiger charge is 2.03. The maximum absolute atomic E-state index is 5.38. The van der Waals surface area contributed by atoms with Crippen molar-refractivity contribution in [3.05, 3.63) is 64.2 Å². The Labute approximate surface area is 116 Å². The molecule has 19 heavy (non-hydrogen) atoms. The van der Waals surface area contributed by atoms with Gasteiger partial charge in [0.05, 0.1) is 7.11 Å². The van der Waals surface area contributed by atoms with Gasteiger partial charge in [-0.15, -0.1) is 0 Å². The highest BCUT2D eigenvalue weighted by atomic mass is 16.5. The lowest BCUT2D eigenvalue weighted by Gasteiger charge is -2.09. The molecule has 0 aliphatic heterocycles. The quantitative estimate of drug-likeness (QED) is 0.785. The molecule has 0 bridgehead atoms. The molecule has 0 aliphatic rings. The van der Waals surface area contributed by atoms with E-state index < -0.39 is 0 Å². The largest absolute Gasteiger partial charge is 0.496 e. The number of aryl methyl sites for hydroxylation is 5. The Morgan fingerprint density at radius 3 is 2.32 bits per heavy atom. The number of methoxy groups -OCH3 is 1. The van der Waals surface area contributed by atoms with Crippen molar-refractivity contribution in [2.45, 2.75) is 33.6 Å². The maximum Gasteiger partial charge on any atom is 0.122 e. The number of ether oxygens (including phenoxy) is 1. The minimum absolute atomic E-state index is 0.984. The van der Waals surface area contributed by atoms with Gasteiger partial charge in [-0.2, -0.15) is 0 Å². The van der Waals surface area contributed by atoms with Gasteiger partial charge in [0, 0.05) is 0 Å². The van der Waals surface area contributed by atoms with E-state index in [1.807, 2.05) is 0 Å². The second kappa shape index (κ2) is 5.92. The fourth-order valence-electron chi connectivity index (χ4n) is 2.43. The number of hydrogen-bond donors (Lipinski definition) is 0. The molecule has 0 heterocycles. The van der Waals surface area contributed by atoms with Crippen LogP contribution in [0.3, 0.4) is 0 Å². The summed E-state index contributed by atoms with van der Waals surface area (Å²) in [7, 11) is 1.73. The van der Waals surface area contributed by atoms with Gasteiger partial charge >= 0.3 is 0 Å². The van der Waals surface area contributed by atoms with Crippen LogP contribution < -0.4 is 4.74 Å². The van der Waals surface area contributed by atoms with E-state index in [0.717, 1.165) is 18.6 Å². The molecule has 0 aliphatic carbocycles. The molecule has 0 atom stereocenters. The van der Waals surface area contributed by atoms with Gasteiger partial charge in [0.15, 0.2) is 0 Å². The normalized spacial score (nSPS) is 10.5. The summed E-state index contributed by atoms with van der Waals surface area (Å²) >= 11 is 0. The number of hydrogen-bond acceptors (Lipinski definition) is 1. The lowest BCUT2D eigenvalue weighted by atomic mass is 9.98. The van der Waals surface area contributed by atoms with Crippen LogP contribution in [0.5, 0.6) is 5.75 Å². The first-order valence-corrected chi connectivity index (χ1v) is 6.80. The van der Waals surface area contributed by atoms with Gasteiger partial charge in [-0.05, 0) is 61.9 Å². The van der Waals surface area contributed by atoms with E-state index in [9.17, 15) is 0 Å². The number of rotatable bonds is 4. The Morgan fingerprint density at radius 2 is 1.63 bits per heavy atom. The zero-order valence-electron chi connectivity index (χ0n) is 12.3. The third kappa shape index (κ3) is 3.37. The standard InChI is InChI=1S/C18H22O/c1-13-5-9-17(15(3)11-13)10-8-16-7-6-14(2)18(12-16)19-4/h5-7,9,11-12H,8,10H2,1-4H3. The lowest BCUT2D eigenvalue weighted by Crippen LogP contribution is -1.96. The van der Waals surface area contributed by atoms with Crippen molar-refractivity contribution in [3.63, 3.8) is 0 Å². The first-order chi connectivity index (χ1) is 9.10. The smallest absolute Gasteiger partial charge is 0.122 e. The predicted molar refractivity (Wildman–Crippen MR) is 81.1 cm³/mol. The van der Waals surface area contributed by atoms with E-state index in [4.69, 9.17) is 4.74 Å². The second-order valence-electron chi connectivity index (χ2n) is 5.23. The monoisotopic (exact) mass is 254 g/mol.